The van der Waals surface area contributed by atoms with E-state index in [1.165, 1.54) is 25.7 Å². The van der Waals surface area contributed by atoms with Gasteiger partial charge < -0.3 is 5.32 Å². The number of rotatable bonds is 6. The molecule has 3 atom stereocenters. The SMILES string of the molecule is CCS(=O)(=O)CC(C)NC1CCCCC1SC. The Kier molecular flexibility index (Phi) is 6.31. The standard InChI is InChI=1S/C12H25NO2S2/c1-4-17(14,15)9-10(2)13-11-7-5-6-8-12(11)16-3/h10-13H,4-9H2,1-3H3. The van der Waals surface area contributed by atoms with E-state index in [9.17, 15) is 8.42 Å². The largest absolute Gasteiger partial charge is 0.309 e. The van der Waals surface area contributed by atoms with Crippen LogP contribution in [0.15, 0.2) is 0 Å². The molecule has 0 amide bonds. The van der Waals surface area contributed by atoms with Crippen LogP contribution in [0.5, 0.6) is 0 Å². The number of hydrogen-bond donors (Lipinski definition) is 1. The molecule has 1 rings (SSSR count). The molecular formula is C12H25NO2S2. The van der Waals surface area contributed by atoms with Gasteiger partial charge in [-0.05, 0) is 26.0 Å². The Balaban J connectivity index is 2.46. The van der Waals surface area contributed by atoms with Crippen LogP contribution in [0.3, 0.4) is 0 Å². The van der Waals surface area contributed by atoms with Gasteiger partial charge in [0.1, 0.15) is 0 Å². The molecule has 0 spiro atoms. The Morgan fingerprint density at radius 2 is 2.00 bits per heavy atom. The molecule has 0 aromatic carbocycles. The molecule has 1 aliphatic rings. The Morgan fingerprint density at radius 3 is 2.59 bits per heavy atom. The van der Waals surface area contributed by atoms with E-state index < -0.39 is 9.84 Å². The summed E-state index contributed by atoms with van der Waals surface area (Å²) >= 11 is 1.91. The van der Waals surface area contributed by atoms with Crippen LogP contribution in [0.1, 0.15) is 39.5 Å². The first-order valence-electron chi connectivity index (χ1n) is 6.47. The molecule has 1 saturated carbocycles. The van der Waals surface area contributed by atoms with Crippen molar-refractivity contribution in [3.63, 3.8) is 0 Å². The minimum Gasteiger partial charge on any atom is -0.309 e. The summed E-state index contributed by atoms with van der Waals surface area (Å²) in [4.78, 5) is 0. The number of thioether (sulfide) groups is 1. The van der Waals surface area contributed by atoms with Crippen molar-refractivity contribution in [2.24, 2.45) is 0 Å². The van der Waals surface area contributed by atoms with Crippen molar-refractivity contribution in [2.45, 2.75) is 56.9 Å². The zero-order valence-electron chi connectivity index (χ0n) is 11.1. The molecule has 0 aromatic heterocycles. The van der Waals surface area contributed by atoms with Gasteiger partial charge >= 0.3 is 0 Å². The third kappa shape index (κ3) is 5.18. The van der Waals surface area contributed by atoms with Crippen LogP contribution >= 0.6 is 11.8 Å². The Bertz CT molecular complexity index is 316. The molecule has 1 aliphatic carbocycles. The average molecular weight is 279 g/mol. The van der Waals surface area contributed by atoms with Crippen LogP contribution in [0.25, 0.3) is 0 Å². The minimum atomic E-state index is -2.86. The Hall–Kier alpha value is 0.260. The molecular weight excluding hydrogens is 254 g/mol. The number of sulfone groups is 1. The lowest BCUT2D eigenvalue weighted by Gasteiger charge is -2.33. The van der Waals surface area contributed by atoms with Crippen LogP contribution in [0, 0.1) is 0 Å². The lowest BCUT2D eigenvalue weighted by Crippen LogP contribution is -2.47. The first-order chi connectivity index (χ1) is 7.98. The van der Waals surface area contributed by atoms with E-state index >= 15 is 0 Å². The van der Waals surface area contributed by atoms with Gasteiger partial charge in [-0.1, -0.05) is 19.8 Å². The van der Waals surface area contributed by atoms with Gasteiger partial charge in [-0.3, -0.25) is 0 Å². The van der Waals surface area contributed by atoms with Crippen molar-refractivity contribution < 1.29 is 8.42 Å². The van der Waals surface area contributed by atoms with E-state index in [4.69, 9.17) is 0 Å². The van der Waals surface area contributed by atoms with Gasteiger partial charge in [0.15, 0.2) is 9.84 Å². The van der Waals surface area contributed by atoms with Gasteiger partial charge in [-0.2, -0.15) is 11.8 Å². The summed E-state index contributed by atoms with van der Waals surface area (Å²) in [5, 5.41) is 4.16. The highest BCUT2D eigenvalue weighted by atomic mass is 32.2. The maximum atomic E-state index is 11.6. The van der Waals surface area contributed by atoms with Crippen molar-refractivity contribution >= 4 is 21.6 Å². The van der Waals surface area contributed by atoms with Gasteiger partial charge in [0.25, 0.3) is 0 Å². The van der Waals surface area contributed by atoms with E-state index in [-0.39, 0.29) is 17.5 Å². The maximum absolute atomic E-state index is 11.6. The van der Waals surface area contributed by atoms with Gasteiger partial charge in [-0.15, -0.1) is 0 Å². The second-order valence-electron chi connectivity index (χ2n) is 4.93. The second kappa shape index (κ2) is 7.00. The molecule has 0 aromatic rings. The van der Waals surface area contributed by atoms with Crippen molar-refractivity contribution in [3.05, 3.63) is 0 Å². The van der Waals surface area contributed by atoms with Gasteiger partial charge in [-0.25, -0.2) is 8.42 Å². The first kappa shape index (κ1) is 15.3. The zero-order valence-corrected chi connectivity index (χ0v) is 12.7. The van der Waals surface area contributed by atoms with Crippen molar-refractivity contribution in [3.8, 4) is 0 Å². The van der Waals surface area contributed by atoms with E-state index in [1.54, 1.807) is 6.92 Å². The molecule has 0 bridgehead atoms. The van der Waals surface area contributed by atoms with E-state index in [2.05, 4.69) is 11.6 Å². The molecule has 0 aliphatic heterocycles. The summed E-state index contributed by atoms with van der Waals surface area (Å²) < 4.78 is 23.1. The topological polar surface area (TPSA) is 46.2 Å². The van der Waals surface area contributed by atoms with Crippen molar-refractivity contribution in [1.82, 2.24) is 5.32 Å². The molecule has 3 unspecified atom stereocenters. The fourth-order valence-corrected chi connectivity index (χ4v) is 4.52. The minimum absolute atomic E-state index is 0.0673. The van der Waals surface area contributed by atoms with E-state index in [0.717, 1.165) is 0 Å². The van der Waals surface area contributed by atoms with Gasteiger partial charge in [0.05, 0.1) is 5.75 Å². The summed E-state index contributed by atoms with van der Waals surface area (Å²) in [7, 11) is -2.86. The highest BCUT2D eigenvalue weighted by molar-refractivity contribution is 7.99. The van der Waals surface area contributed by atoms with Gasteiger partial charge in [0.2, 0.25) is 0 Å². The summed E-state index contributed by atoms with van der Waals surface area (Å²) in [5.41, 5.74) is 0. The summed E-state index contributed by atoms with van der Waals surface area (Å²) in [5.74, 6) is 0.511. The van der Waals surface area contributed by atoms with E-state index in [0.29, 0.717) is 11.3 Å². The second-order valence-corrected chi connectivity index (χ2v) is 8.41. The van der Waals surface area contributed by atoms with Crippen LogP contribution in [0.2, 0.25) is 0 Å². The first-order valence-corrected chi connectivity index (χ1v) is 9.58. The predicted molar refractivity (Wildman–Crippen MR) is 76.5 cm³/mol. The molecule has 17 heavy (non-hydrogen) atoms. The van der Waals surface area contributed by atoms with Crippen molar-refractivity contribution in [1.29, 1.82) is 0 Å². The van der Waals surface area contributed by atoms with Crippen LogP contribution in [-0.4, -0.2) is 43.5 Å². The molecule has 3 nitrogen and oxygen atoms in total. The quantitative estimate of drug-likeness (QED) is 0.808. The lowest BCUT2D eigenvalue weighted by molar-refractivity contribution is 0.362. The number of nitrogens with one attached hydrogen (secondary N) is 1. The molecule has 1 N–H and O–H groups in total. The Labute approximate surface area is 110 Å². The highest BCUT2D eigenvalue weighted by Crippen LogP contribution is 2.27. The number of hydrogen-bond acceptors (Lipinski definition) is 4. The van der Waals surface area contributed by atoms with E-state index in [1.807, 2.05) is 18.7 Å². The molecule has 102 valence electrons. The molecule has 0 saturated heterocycles. The highest BCUT2D eigenvalue weighted by Gasteiger charge is 2.26. The lowest BCUT2D eigenvalue weighted by atomic mass is 9.94. The van der Waals surface area contributed by atoms with Gasteiger partial charge in [0, 0.05) is 23.1 Å². The van der Waals surface area contributed by atoms with Crippen LogP contribution < -0.4 is 5.32 Å². The monoisotopic (exact) mass is 279 g/mol. The summed E-state index contributed by atoms with van der Waals surface area (Å²) in [6, 6.07) is 0.554. The summed E-state index contributed by atoms with van der Waals surface area (Å²) in [6.07, 6.45) is 7.17. The smallest absolute Gasteiger partial charge is 0.151 e. The normalized spacial score (nSPS) is 27.9. The molecule has 0 heterocycles. The summed E-state index contributed by atoms with van der Waals surface area (Å²) in [6.45, 7) is 3.70. The van der Waals surface area contributed by atoms with Crippen LogP contribution in [-0.2, 0) is 9.84 Å². The fraction of sp³-hybridized carbons (Fsp3) is 1.00. The fourth-order valence-electron chi connectivity index (χ4n) is 2.48. The predicted octanol–water partition coefficient (Wildman–Crippen LogP) is 2.07. The average Bonchev–Trinajstić information content (AvgIpc) is 2.29. The van der Waals surface area contributed by atoms with Crippen molar-refractivity contribution in [2.75, 3.05) is 17.8 Å². The third-order valence-electron chi connectivity index (χ3n) is 3.45. The maximum Gasteiger partial charge on any atom is 0.151 e. The molecule has 5 heteroatoms. The zero-order chi connectivity index (χ0) is 12.9. The third-order valence-corrected chi connectivity index (χ3v) is 6.50. The molecule has 1 fully saturated rings. The molecule has 0 radical (unpaired) electrons. The Morgan fingerprint density at radius 1 is 1.35 bits per heavy atom. The van der Waals surface area contributed by atoms with Crippen LogP contribution in [0.4, 0.5) is 0 Å².